The van der Waals surface area contributed by atoms with Gasteiger partial charge < -0.3 is 20.1 Å². The van der Waals surface area contributed by atoms with E-state index in [1.54, 1.807) is 0 Å². The molecule has 2 aromatic rings. The summed E-state index contributed by atoms with van der Waals surface area (Å²) in [6.45, 7) is -0.00540. The molecule has 7 nitrogen and oxygen atoms in total. The average Bonchev–Trinajstić information content (AvgIpc) is 2.63. The summed E-state index contributed by atoms with van der Waals surface area (Å²) in [5.41, 5.74) is 0.886. The number of hydrogen-bond acceptors (Lipinski definition) is 5. The summed E-state index contributed by atoms with van der Waals surface area (Å²) in [4.78, 5) is 27.2. The topological polar surface area (TPSA) is 89.5 Å². The van der Waals surface area contributed by atoms with Crippen LogP contribution in [0, 0.1) is 0 Å². The van der Waals surface area contributed by atoms with E-state index in [9.17, 15) is 22.8 Å². The average molecular weight is 397 g/mol. The molecule has 0 atom stereocenters. The molecule has 1 aromatic carbocycles. The van der Waals surface area contributed by atoms with E-state index in [0.717, 1.165) is 0 Å². The van der Waals surface area contributed by atoms with Crippen molar-refractivity contribution in [1.29, 1.82) is 0 Å². The fourth-order valence-electron chi connectivity index (χ4n) is 2.21. The molecule has 1 aromatic heterocycles. The number of alkyl halides is 3. The minimum absolute atomic E-state index is 0.0519. The van der Waals surface area contributed by atoms with Gasteiger partial charge in [-0.3, -0.25) is 9.59 Å². The number of nitrogens with one attached hydrogen (secondary N) is 2. The molecular formula is C18H18F3N3O4. The minimum atomic E-state index is -4.46. The van der Waals surface area contributed by atoms with Gasteiger partial charge in [-0.1, -0.05) is 6.07 Å². The zero-order chi connectivity index (χ0) is 20.7. The fraction of sp³-hybridized carbons (Fsp3) is 0.278. The molecule has 0 aliphatic carbocycles. The van der Waals surface area contributed by atoms with Crippen molar-refractivity contribution in [2.24, 2.45) is 0 Å². The van der Waals surface area contributed by atoms with Crippen LogP contribution >= 0.6 is 0 Å². The number of nitrogens with zero attached hydrogens (tertiary/aromatic N) is 1. The van der Waals surface area contributed by atoms with Gasteiger partial charge in [0.15, 0.2) is 18.1 Å². The van der Waals surface area contributed by atoms with Crippen molar-refractivity contribution in [3.63, 3.8) is 0 Å². The number of ether oxygens (including phenoxy) is 2. The lowest BCUT2D eigenvalue weighted by Gasteiger charge is -2.14. The minimum Gasteiger partial charge on any atom is -0.493 e. The Morgan fingerprint density at radius 3 is 2.54 bits per heavy atom. The SMILES string of the molecule is COc1cc(CNC(=O)c2ccnc(NC(C)=O)c2)ccc1OCC(F)(F)F. The predicted molar refractivity (Wildman–Crippen MR) is 94.3 cm³/mol. The molecular weight excluding hydrogens is 379 g/mol. The molecule has 0 aliphatic heterocycles. The van der Waals surface area contributed by atoms with Crippen LogP contribution in [-0.2, 0) is 11.3 Å². The molecule has 10 heteroatoms. The van der Waals surface area contributed by atoms with Crippen molar-refractivity contribution in [1.82, 2.24) is 10.3 Å². The molecule has 0 radical (unpaired) electrons. The van der Waals surface area contributed by atoms with Gasteiger partial charge >= 0.3 is 6.18 Å². The normalized spacial score (nSPS) is 10.9. The van der Waals surface area contributed by atoms with E-state index in [4.69, 9.17) is 9.47 Å². The lowest BCUT2D eigenvalue weighted by molar-refractivity contribution is -0.153. The predicted octanol–water partition coefficient (Wildman–Crippen LogP) is 2.92. The number of aromatic nitrogens is 1. The maximum Gasteiger partial charge on any atom is 0.422 e. The number of carbonyl (C=O) groups is 2. The monoisotopic (exact) mass is 397 g/mol. The molecule has 0 unspecified atom stereocenters. The van der Waals surface area contributed by atoms with Crippen LogP contribution in [0.4, 0.5) is 19.0 Å². The standard InChI is InChI=1S/C18H18F3N3O4/c1-11(25)24-16-8-13(5-6-22-16)17(26)23-9-12-3-4-14(15(7-12)27-2)28-10-18(19,20)21/h3-8H,9-10H2,1-2H3,(H,23,26)(H,22,24,25). The van der Waals surface area contributed by atoms with Crippen molar-refractivity contribution >= 4 is 17.6 Å². The van der Waals surface area contributed by atoms with Crippen LogP contribution in [0.15, 0.2) is 36.5 Å². The number of benzene rings is 1. The highest BCUT2D eigenvalue weighted by Crippen LogP contribution is 2.29. The fourth-order valence-corrected chi connectivity index (χ4v) is 2.21. The zero-order valence-electron chi connectivity index (χ0n) is 15.1. The summed E-state index contributed by atoms with van der Waals surface area (Å²) in [6.07, 6.45) is -3.08. The quantitative estimate of drug-likeness (QED) is 0.750. The van der Waals surface area contributed by atoms with Crippen molar-refractivity contribution < 1.29 is 32.2 Å². The van der Waals surface area contributed by atoms with E-state index in [-0.39, 0.29) is 35.3 Å². The number of methoxy groups -OCH3 is 1. The molecule has 28 heavy (non-hydrogen) atoms. The van der Waals surface area contributed by atoms with E-state index < -0.39 is 18.7 Å². The maximum atomic E-state index is 12.3. The lowest BCUT2D eigenvalue weighted by Crippen LogP contribution is -2.23. The maximum absolute atomic E-state index is 12.3. The van der Waals surface area contributed by atoms with Crippen molar-refractivity contribution in [2.75, 3.05) is 19.0 Å². The molecule has 0 saturated heterocycles. The largest absolute Gasteiger partial charge is 0.493 e. The molecule has 1 heterocycles. The van der Waals surface area contributed by atoms with Gasteiger partial charge in [0.25, 0.3) is 5.91 Å². The van der Waals surface area contributed by atoms with Gasteiger partial charge in [0.1, 0.15) is 5.82 Å². The summed E-state index contributed by atoms with van der Waals surface area (Å²) in [5.74, 6) is -0.417. The Morgan fingerprint density at radius 1 is 1.14 bits per heavy atom. The Hall–Kier alpha value is -3.30. The molecule has 0 spiro atoms. The summed E-state index contributed by atoms with van der Waals surface area (Å²) in [5, 5.41) is 5.14. The number of amides is 2. The zero-order valence-corrected chi connectivity index (χ0v) is 15.1. The van der Waals surface area contributed by atoms with Gasteiger partial charge in [0.05, 0.1) is 7.11 Å². The second kappa shape index (κ2) is 9.07. The number of halogens is 3. The number of pyridine rings is 1. The molecule has 0 aliphatic rings. The smallest absolute Gasteiger partial charge is 0.422 e. The van der Waals surface area contributed by atoms with Gasteiger partial charge in [-0.2, -0.15) is 13.2 Å². The summed E-state index contributed by atoms with van der Waals surface area (Å²) in [6, 6.07) is 7.24. The van der Waals surface area contributed by atoms with Crippen LogP contribution in [-0.4, -0.2) is 36.7 Å². The van der Waals surface area contributed by atoms with Gasteiger partial charge in [-0.05, 0) is 29.8 Å². The van der Waals surface area contributed by atoms with Crippen molar-refractivity contribution in [3.05, 3.63) is 47.7 Å². The first-order valence-electron chi connectivity index (χ1n) is 8.06. The van der Waals surface area contributed by atoms with Gasteiger partial charge in [0, 0.05) is 25.2 Å². The van der Waals surface area contributed by atoms with E-state index in [2.05, 4.69) is 15.6 Å². The Balaban J connectivity index is 2.02. The molecule has 2 rings (SSSR count). The van der Waals surface area contributed by atoms with E-state index in [1.165, 1.54) is 50.6 Å². The highest BCUT2D eigenvalue weighted by molar-refractivity contribution is 5.96. The van der Waals surface area contributed by atoms with E-state index >= 15 is 0 Å². The van der Waals surface area contributed by atoms with Crippen LogP contribution < -0.4 is 20.1 Å². The Kier molecular flexibility index (Phi) is 6.80. The third-order valence-corrected chi connectivity index (χ3v) is 3.40. The molecule has 150 valence electrons. The number of carbonyl (C=O) groups excluding carboxylic acids is 2. The van der Waals surface area contributed by atoms with Gasteiger partial charge in [0.2, 0.25) is 5.91 Å². The van der Waals surface area contributed by atoms with Gasteiger partial charge in [-0.15, -0.1) is 0 Å². The molecule has 0 fully saturated rings. The molecule has 2 amide bonds. The first-order valence-corrected chi connectivity index (χ1v) is 8.06. The van der Waals surface area contributed by atoms with Crippen LogP contribution in [0.2, 0.25) is 0 Å². The van der Waals surface area contributed by atoms with Crippen molar-refractivity contribution in [2.45, 2.75) is 19.6 Å². The second-order valence-corrected chi connectivity index (χ2v) is 5.68. The summed E-state index contributed by atoms with van der Waals surface area (Å²) >= 11 is 0. The van der Waals surface area contributed by atoms with Gasteiger partial charge in [-0.25, -0.2) is 4.98 Å². The van der Waals surface area contributed by atoms with Crippen LogP contribution in [0.5, 0.6) is 11.5 Å². The van der Waals surface area contributed by atoms with E-state index in [0.29, 0.717) is 5.56 Å². The van der Waals surface area contributed by atoms with Crippen LogP contribution in [0.3, 0.4) is 0 Å². The Morgan fingerprint density at radius 2 is 1.89 bits per heavy atom. The van der Waals surface area contributed by atoms with E-state index in [1.807, 2.05) is 0 Å². The number of anilines is 1. The third kappa shape index (κ3) is 6.45. The Bertz CT molecular complexity index is 856. The second-order valence-electron chi connectivity index (χ2n) is 5.68. The number of hydrogen-bond donors (Lipinski definition) is 2. The van der Waals surface area contributed by atoms with Crippen LogP contribution in [0.25, 0.3) is 0 Å². The molecule has 0 saturated carbocycles. The molecule has 0 bridgehead atoms. The summed E-state index contributed by atoms with van der Waals surface area (Å²) < 4.78 is 46.6. The Labute approximate surface area is 158 Å². The summed E-state index contributed by atoms with van der Waals surface area (Å²) in [7, 11) is 1.30. The first kappa shape index (κ1) is 21.0. The van der Waals surface area contributed by atoms with Crippen molar-refractivity contribution in [3.8, 4) is 11.5 Å². The highest BCUT2D eigenvalue weighted by Gasteiger charge is 2.29. The number of rotatable bonds is 7. The first-order chi connectivity index (χ1) is 13.2. The van der Waals surface area contributed by atoms with Crippen LogP contribution in [0.1, 0.15) is 22.8 Å². The highest BCUT2D eigenvalue weighted by atomic mass is 19.4. The lowest BCUT2D eigenvalue weighted by atomic mass is 10.2. The third-order valence-electron chi connectivity index (χ3n) is 3.40. The molecule has 2 N–H and O–H groups in total.